The van der Waals surface area contributed by atoms with Crippen LogP contribution in [0.5, 0.6) is 0 Å². The van der Waals surface area contributed by atoms with Gasteiger partial charge in [0, 0.05) is 50.5 Å². The Labute approximate surface area is 177 Å². The first-order chi connectivity index (χ1) is 14.0. The molecule has 156 valence electrons. The van der Waals surface area contributed by atoms with E-state index >= 15 is 0 Å². The van der Waals surface area contributed by atoms with Gasteiger partial charge in [-0.05, 0) is 43.0 Å². The maximum Gasteiger partial charge on any atom is 0.227 e. The van der Waals surface area contributed by atoms with Crippen LogP contribution in [0.4, 0.5) is 11.8 Å². The summed E-state index contributed by atoms with van der Waals surface area (Å²) in [5.41, 5.74) is 0.749. The SMILES string of the molecule is O=S(=O)(Cc1ccc(Cl)cc1)N1CCN(c2ccnc(N3CCCCC3)n2)CC1. The van der Waals surface area contributed by atoms with Crippen molar-refractivity contribution in [3.05, 3.63) is 47.1 Å². The lowest BCUT2D eigenvalue weighted by atomic mass is 10.1. The molecule has 9 heteroatoms. The van der Waals surface area contributed by atoms with Crippen LogP contribution >= 0.6 is 11.6 Å². The zero-order chi connectivity index (χ0) is 20.3. The Hall–Kier alpha value is -1.90. The second kappa shape index (κ2) is 8.85. The molecule has 0 atom stereocenters. The van der Waals surface area contributed by atoms with Gasteiger partial charge in [-0.3, -0.25) is 0 Å². The molecule has 4 rings (SSSR count). The Balaban J connectivity index is 1.38. The van der Waals surface area contributed by atoms with Gasteiger partial charge < -0.3 is 9.80 Å². The molecule has 2 aliphatic rings. The van der Waals surface area contributed by atoms with Crippen molar-refractivity contribution in [1.29, 1.82) is 0 Å². The van der Waals surface area contributed by atoms with Crippen molar-refractivity contribution in [2.24, 2.45) is 0 Å². The van der Waals surface area contributed by atoms with Crippen LogP contribution in [0.3, 0.4) is 0 Å². The molecule has 0 unspecified atom stereocenters. The molecule has 2 aromatic rings. The number of sulfonamides is 1. The molecule has 0 aliphatic carbocycles. The number of hydrogen-bond acceptors (Lipinski definition) is 6. The van der Waals surface area contributed by atoms with Gasteiger partial charge in [0.25, 0.3) is 0 Å². The second-order valence-electron chi connectivity index (χ2n) is 7.53. The highest BCUT2D eigenvalue weighted by atomic mass is 35.5. The van der Waals surface area contributed by atoms with Crippen LogP contribution in [0.15, 0.2) is 36.5 Å². The molecule has 0 saturated carbocycles. The highest BCUT2D eigenvalue weighted by Gasteiger charge is 2.28. The first-order valence-corrected chi connectivity index (χ1v) is 12.1. The number of hydrogen-bond donors (Lipinski definition) is 0. The van der Waals surface area contributed by atoms with E-state index in [1.165, 1.54) is 19.3 Å². The van der Waals surface area contributed by atoms with E-state index in [4.69, 9.17) is 16.6 Å². The quantitative estimate of drug-likeness (QED) is 0.719. The average Bonchev–Trinajstić information content (AvgIpc) is 2.76. The molecule has 1 aromatic heterocycles. The van der Waals surface area contributed by atoms with E-state index in [0.717, 1.165) is 30.4 Å². The summed E-state index contributed by atoms with van der Waals surface area (Å²) in [4.78, 5) is 13.6. The number of piperazine rings is 1. The molecule has 2 aliphatic heterocycles. The Kier molecular flexibility index (Phi) is 6.22. The molecule has 29 heavy (non-hydrogen) atoms. The number of nitrogens with zero attached hydrogens (tertiary/aromatic N) is 5. The van der Waals surface area contributed by atoms with Crippen LogP contribution in [0.2, 0.25) is 5.02 Å². The van der Waals surface area contributed by atoms with Gasteiger partial charge in [0.15, 0.2) is 0 Å². The van der Waals surface area contributed by atoms with Gasteiger partial charge in [0.1, 0.15) is 5.82 Å². The highest BCUT2D eigenvalue weighted by molar-refractivity contribution is 7.88. The molecule has 0 spiro atoms. The molecule has 0 bridgehead atoms. The topological polar surface area (TPSA) is 69.6 Å². The molecule has 0 N–H and O–H groups in total. The van der Waals surface area contributed by atoms with Crippen molar-refractivity contribution in [2.75, 3.05) is 49.1 Å². The molecular weight excluding hydrogens is 410 g/mol. The predicted octanol–water partition coefficient (Wildman–Crippen LogP) is 2.77. The number of aromatic nitrogens is 2. The zero-order valence-corrected chi connectivity index (χ0v) is 17.9. The molecule has 0 amide bonds. The summed E-state index contributed by atoms with van der Waals surface area (Å²) in [5, 5.41) is 0.605. The Morgan fingerprint density at radius 2 is 1.55 bits per heavy atom. The molecular formula is C20H26ClN5O2S. The lowest BCUT2D eigenvalue weighted by molar-refractivity contribution is 0.383. The second-order valence-corrected chi connectivity index (χ2v) is 9.94. The van der Waals surface area contributed by atoms with Crippen molar-refractivity contribution < 1.29 is 8.42 Å². The van der Waals surface area contributed by atoms with Gasteiger partial charge in [-0.15, -0.1) is 0 Å². The number of halogens is 1. The Morgan fingerprint density at radius 3 is 2.24 bits per heavy atom. The summed E-state index contributed by atoms with van der Waals surface area (Å²) in [5.74, 6) is 1.65. The normalized spacial score (nSPS) is 18.8. The van der Waals surface area contributed by atoms with Gasteiger partial charge in [-0.1, -0.05) is 23.7 Å². The van der Waals surface area contributed by atoms with Crippen LogP contribution in [0.1, 0.15) is 24.8 Å². The lowest BCUT2D eigenvalue weighted by Gasteiger charge is -2.35. The fraction of sp³-hybridized carbons (Fsp3) is 0.500. The third-order valence-electron chi connectivity index (χ3n) is 5.49. The summed E-state index contributed by atoms with van der Waals surface area (Å²) in [6.07, 6.45) is 5.42. The van der Waals surface area contributed by atoms with Gasteiger partial charge in [-0.25, -0.2) is 13.4 Å². The minimum absolute atomic E-state index is 0.00319. The van der Waals surface area contributed by atoms with E-state index < -0.39 is 10.0 Å². The van der Waals surface area contributed by atoms with E-state index in [1.807, 2.05) is 6.07 Å². The van der Waals surface area contributed by atoms with E-state index in [-0.39, 0.29) is 5.75 Å². The Morgan fingerprint density at radius 1 is 0.862 bits per heavy atom. The fourth-order valence-electron chi connectivity index (χ4n) is 3.84. The van der Waals surface area contributed by atoms with E-state index in [9.17, 15) is 8.42 Å². The Bertz CT molecular complexity index is 924. The molecule has 3 heterocycles. The molecule has 1 aromatic carbocycles. The standard InChI is InChI=1S/C20H26ClN5O2S/c21-18-6-4-17(5-7-18)16-29(27,28)26-14-12-24(13-15-26)19-8-9-22-20(23-19)25-10-2-1-3-11-25/h4-9H,1-3,10-16H2. The van der Waals surface area contributed by atoms with Crippen LogP contribution in [0, 0.1) is 0 Å². The number of rotatable bonds is 5. The molecule has 0 radical (unpaired) electrons. The molecule has 2 saturated heterocycles. The first-order valence-electron chi connectivity index (χ1n) is 10.1. The van der Waals surface area contributed by atoms with Crippen molar-refractivity contribution in [2.45, 2.75) is 25.0 Å². The van der Waals surface area contributed by atoms with Crippen LogP contribution in [-0.4, -0.2) is 62.0 Å². The third-order valence-corrected chi connectivity index (χ3v) is 7.59. The predicted molar refractivity (Wildman–Crippen MR) is 116 cm³/mol. The van der Waals surface area contributed by atoms with Crippen molar-refractivity contribution in [3.63, 3.8) is 0 Å². The van der Waals surface area contributed by atoms with Gasteiger partial charge in [0.05, 0.1) is 5.75 Å². The largest absolute Gasteiger partial charge is 0.354 e. The highest BCUT2D eigenvalue weighted by Crippen LogP contribution is 2.21. The summed E-state index contributed by atoms with van der Waals surface area (Å²) in [6, 6.07) is 8.88. The molecule has 2 fully saturated rings. The monoisotopic (exact) mass is 435 g/mol. The zero-order valence-electron chi connectivity index (χ0n) is 16.4. The smallest absolute Gasteiger partial charge is 0.227 e. The summed E-state index contributed by atoms with van der Waals surface area (Å²) < 4.78 is 27.1. The van der Waals surface area contributed by atoms with Crippen molar-refractivity contribution in [1.82, 2.24) is 14.3 Å². The maximum absolute atomic E-state index is 12.8. The minimum atomic E-state index is -3.36. The van der Waals surface area contributed by atoms with Crippen molar-refractivity contribution >= 4 is 33.4 Å². The van der Waals surface area contributed by atoms with E-state index in [1.54, 1.807) is 34.8 Å². The van der Waals surface area contributed by atoms with E-state index in [2.05, 4.69) is 14.8 Å². The number of benzene rings is 1. The minimum Gasteiger partial charge on any atom is -0.354 e. The average molecular weight is 436 g/mol. The fourth-order valence-corrected chi connectivity index (χ4v) is 5.48. The van der Waals surface area contributed by atoms with E-state index in [0.29, 0.717) is 31.2 Å². The maximum atomic E-state index is 12.8. The first kappa shape index (κ1) is 20.4. The number of piperidine rings is 1. The van der Waals surface area contributed by atoms with Crippen molar-refractivity contribution in [3.8, 4) is 0 Å². The molecule has 7 nitrogen and oxygen atoms in total. The lowest BCUT2D eigenvalue weighted by Crippen LogP contribution is -2.49. The van der Waals surface area contributed by atoms with Gasteiger partial charge in [-0.2, -0.15) is 9.29 Å². The van der Waals surface area contributed by atoms with Gasteiger partial charge in [0.2, 0.25) is 16.0 Å². The van der Waals surface area contributed by atoms with Crippen LogP contribution in [-0.2, 0) is 15.8 Å². The summed E-state index contributed by atoms with van der Waals surface area (Å²) >= 11 is 5.89. The van der Waals surface area contributed by atoms with Gasteiger partial charge >= 0.3 is 0 Å². The van der Waals surface area contributed by atoms with Crippen LogP contribution < -0.4 is 9.80 Å². The summed E-state index contributed by atoms with van der Waals surface area (Å²) in [7, 11) is -3.36. The number of anilines is 2. The summed E-state index contributed by atoms with van der Waals surface area (Å²) in [6.45, 7) is 4.16. The van der Waals surface area contributed by atoms with Crippen LogP contribution in [0.25, 0.3) is 0 Å². The third kappa shape index (κ3) is 4.99.